The van der Waals surface area contributed by atoms with E-state index in [0.29, 0.717) is 4.90 Å². The summed E-state index contributed by atoms with van der Waals surface area (Å²) in [6.45, 7) is 2.70. The minimum absolute atomic E-state index is 0.320. The number of nitrogens with one attached hydrogen (secondary N) is 1. The summed E-state index contributed by atoms with van der Waals surface area (Å²) in [7, 11) is 0. The Labute approximate surface area is 80.8 Å². The number of thioether (sulfide) groups is 1. The predicted octanol–water partition coefficient (Wildman–Crippen LogP) is 2.83. The fourth-order valence-corrected chi connectivity index (χ4v) is 1.49. The largest absolute Gasteiger partial charge is 0.384 e. The lowest BCUT2D eigenvalue weighted by Gasteiger charge is -2.06. The Morgan fingerprint density at radius 1 is 1.62 bits per heavy atom. The standard InChI is InChI=1S/C9H9FN2S/c1-2-12-8-4-3-7(10)5-9(8)13-6-11/h3-5,12H,2H2,1H3. The van der Waals surface area contributed by atoms with Crippen LogP contribution in [0.2, 0.25) is 0 Å². The van der Waals surface area contributed by atoms with Crippen molar-refractivity contribution in [1.82, 2.24) is 0 Å². The van der Waals surface area contributed by atoms with Gasteiger partial charge < -0.3 is 5.32 Å². The second-order valence-electron chi connectivity index (χ2n) is 2.36. The van der Waals surface area contributed by atoms with E-state index in [1.54, 1.807) is 6.07 Å². The predicted molar refractivity (Wildman–Crippen MR) is 52.0 cm³/mol. The number of anilines is 1. The zero-order valence-corrected chi connectivity index (χ0v) is 7.99. The van der Waals surface area contributed by atoms with Crippen LogP contribution in [0.5, 0.6) is 0 Å². The molecule has 0 aromatic heterocycles. The number of nitriles is 1. The zero-order chi connectivity index (χ0) is 9.68. The third kappa shape index (κ3) is 2.63. The van der Waals surface area contributed by atoms with Gasteiger partial charge in [-0.05, 0) is 36.9 Å². The lowest BCUT2D eigenvalue weighted by Crippen LogP contribution is -1.97. The van der Waals surface area contributed by atoms with Crippen molar-refractivity contribution < 1.29 is 4.39 Å². The molecule has 0 aliphatic heterocycles. The third-order valence-corrected chi connectivity index (χ3v) is 2.12. The maximum absolute atomic E-state index is 12.8. The van der Waals surface area contributed by atoms with Crippen LogP contribution in [0, 0.1) is 16.5 Å². The molecule has 0 spiro atoms. The van der Waals surface area contributed by atoms with Crippen LogP contribution in [-0.2, 0) is 0 Å². The topological polar surface area (TPSA) is 35.8 Å². The minimum Gasteiger partial charge on any atom is -0.384 e. The highest BCUT2D eigenvalue weighted by molar-refractivity contribution is 8.03. The lowest BCUT2D eigenvalue weighted by atomic mass is 10.3. The van der Waals surface area contributed by atoms with E-state index in [0.717, 1.165) is 24.0 Å². The maximum Gasteiger partial charge on any atom is 0.138 e. The molecule has 0 heterocycles. The highest BCUT2D eigenvalue weighted by atomic mass is 32.2. The van der Waals surface area contributed by atoms with Crippen molar-refractivity contribution >= 4 is 17.4 Å². The molecule has 0 bridgehead atoms. The lowest BCUT2D eigenvalue weighted by molar-refractivity contribution is 0.624. The molecule has 1 aromatic carbocycles. The Balaban J connectivity index is 2.97. The Hall–Kier alpha value is -1.21. The summed E-state index contributed by atoms with van der Waals surface area (Å²) in [5, 5.41) is 13.4. The van der Waals surface area contributed by atoms with Crippen LogP contribution < -0.4 is 5.32 Å². The average molecular weight is 196 g/mol. The Bertz CT molecular complexity index is 333. The van der Waals surface area contributed by atoms with E-state index in [-0.39, 0.29) is 5.82 Å². The quantitative estimate of drug-likeness (QED) is 0.596. The SMILES string of the molecule is CCNc1ccc(F)cc1SC#N. The molecule has 4 heteroatoms. The molecule has 0 aliphatic carbocycles. The van der Waals surface area contributed by atoms with Crippen LogP contribution in [0.25, 0.3) is 0 Å². The summed E-state index contributed by atoms with van der Waals surface area (Å²) >= 11 is 0.959. The van der Waals surface area contributed by atoms with Gasteiger partial charge >= 0.3 is 0 Å². The molecule has 0 unspecified atom stereocenters. The highest BCUT2D eigenvalue weighted by Crippen LogP contribution is 2.26. The maximum atomic E-state index is 12.8. The summed E-state index contributed by atoms with van der Waals surface area (Å²) in [5.41, 5.74) is 0.801. The molecule has 0 aliphatic rings. The highest BCUT2D eigenvalue weighted by Gasteiger charge is 2.03. The molecule has 0 radical (unpaired) electrons. The van der Waals surface area contributed by atoms with E-state index in [2.05, 4.69) is 5.32 Å². The second-order valence-corrected chi connectivity index (χ2v) is 3.19. The number of hydrogen-bond donors (Lipinski definition) is 1. The molecule has 1 aromatic rings. The molecule has 0 atom stereocenters. The monoisotopic (exact) mass is 196 g/mol. The number of hydrogen-bond acceptors (Lipinski definition) is 3. The molecule has 68 valence electrons. The summed E-state index contributed by atoms with van der Waals surface area (Å²) in [4.78, 5) is 0.629. The number of nitrogens with zero attached hydrogens (tertiary/aromatic N) is 1. The van der Waals surface area contributed by atoms with Crippen LogP contribution in [0.4, 0.5) is 10.1 Å². The van der Waals surface area contributed by atoms with Gasteiger partial charge in [-0.25, -0.2) is 4.39 Å². The van der Waals surface area contributed by atoms with E-state index in [1.807, 2.05) is 12.3 Å². The van der Waals surface area contributed by atoms with Crippen LogP contribution in [0.1, 0.15) is 6.92 Å². The molecule has 0 saturated heterocycles. The third-order valence-electron chi connectivity index (χ3n) is 1.47. The zero-order valence-electron chi connectivity index (χ0n) is 7.17. The van der Waals surface area contributed by atoms with Crippen molar-refractivity contribution in [2.45, 2.75) is 11.8 Å². The Morgan fingerprint density at radius 3 is 3.00 bits per heavy atom. The van der Waals surface area contributed by atoms with Crippen LogP contribution in [0.3, 0.4) is 0 Å². The van der Waals surface area contributed by atoms with Crippen LogP contribution in [-0.4, -0.2) is 6.54 Å². The van der Waals surface area contributed by atoms with E-state index < -0.39 is 0 Å². The molecule has 13 heavy (non-hydrogen) atoms. The number of thiocyanates is 1. The molecule has 2 nitrogen and oxygen atoms in total. The second kappa shape index (κ2) is 4.73. The van der Waals surface area contributed by atoms with Gasteiger partial charge in [0, 0.05) is 17.1 Å². The molecule has 1 N–H and O–H groups in total. The molecule has 0 amide bonds. The number of rotatable bonds is 3. The first-order valence-electron chi connectivity index (χ1n) is 3.87. The molecule has 0 saturated carbocycles. The van der Waals surface area contributed by atoms with Gasteiger partial charge in [-0.1, -0.05) is 0 Å². The molecular formula is C9H9FN2S. The van der Waals surface area contributed by atoms with E-state index >= 15 is 0 Å². The number of halogens is 1. The summed E-state index contributed by atoms with van der Waals surface area (Å²) < 4.78 is 12.8. The van der Waals surface area contributed by atoms with E-state index in [9.17, 15) is 4.39 Å². The van der Waals surface area contributed by atoms with Crippen LogP contribution >= 0.6 is 11.8 Å². The normalized spacial score (nSPS) is 9.31. The van der Waals surface area contributed by atoms with Gasteiger partial charge in [-0.15, -0.1) is 0 Å². The van der Waals surface area contributed by atoms with Crippen molar-refractivity contribution in [1.29, 1.82) is 5.26 Å². The van der Waals surface area contributed by atoms with Gasteiger partial charge in [-0.2, -0.15) is 5.26 Å². The first-order chi connectivity index (χ1) is 6.27. The van der Waals surface area contributed by atoms with Gasteiger partial charge in [-0.3, -0.25) is 0 Å². The van der Waals surface area contributed by atoms with Crippen molar-refractivity contribution in [2.75, 3.05) is 11.9 Å². The van der Waals surface area contributed by atoms with Gasteiger partial charge in [0.25, 0.3) is 0 Å². The first kappa shape index (κ1) is 9.87. The fourth-order valence-electron chi connectivity index (χ4n) is 0.966. The summed E-state index contributed by atoms with van der Waals surface area (Å²) in [6.07, 6.45) is 0. The minimum atomic E-state index is -0.320. The number of benzene rings is 1. The van der Waals surface area contributed by atoms with Crippen molar-refractivity contribution in [3.05, 3.63) is 24.0 Å². The summed E-state index contributed by atoms with van der Waals surface area (Å²) in [6, 6.07) is 4.36. The van der Waals surface area contributed by atoms with Crippen LogP contribution in [0.15, 0.2) is 23.1 Å². The van der Waals surface area contributed by atoms with Crippen molar-refractivity contribution in [3.63, 3.8) is 0 Å². The van der Waals surface area contributed by atoms with E-state index in [1.165, 1.54) is 12.1 Å². The first-order valence-corrected chi connectivity index (χ1v) is 4.69. The van der Waals surface area contributed by atoms with Gasteiger partial charge in [0.05, 0.1) is 0 Å². The van der Waals surface area contributed by atoms with E-state index in [4.69, 9.17) is 5.26 Å². The Morgan fingerprint density at radius 2 is 2.38 bits per heavy atom. The summed E-state index contributed by atoms with van der Waals surface area (Å²) in [5.74, 6) is -0.320. The van der Waals surface area contributed by atoms with Gasteiger partial charge in [0.15, 0.2) is 0 Å². The van der Waals surface area contributed by atoms with Crippen molar-refractivity contribution in [3.8, 4) is 5.40 Å². The van der Waals surface area contributed by atoms with Gasteiger partial charge in [0.2, 0.25) is 0 Å². The Kier molecular flexibility index (Phi) is 3.59. The van der Waals surface area contributed by atoms with Gasteiger partial charge in [0.1, 0.15) is 11.2 Å². The van der Waals surface area contributed by atoms with Crippen molar-refractivity contribution in [2.24, 2.45) is 0 Å². The smallest absolute Gasteiger partial charge is 0.138 e. The fraction of sp³-hybridized carbons (Fsp3) is 0.222. The molecule has 0 fully saturated rings. The average Bonchev–Trinajstić information content (AvgIpc) is 2.10. The molecular weight excluding hydrogens is 187 g/mol. The molecule has 1 rings (SSSR count).